The van der Waals surface area contributed by atoms with Gasteiger partial charge in [-0.3, -0.25) is 9.69 Å². The Kier molecular flexibility index (Phi) is 5.49. The molecule has 28 heavy (non-hydrogen) atoms. The molecule has 0 radical (unpaired) electrons. The Morgan fingerprint density at radius 2 is 1.93 bits per heavy atom. The highest BCUT2D eigenvalue weighted by Gasteiger charge is 2.54. The lowest BCUT2D eigenvalue weighted by Crippen LogP contribution is -2.65. The van der Waals surface area contributed by atoms with Gasteiger partial charge in [0.15, 0.2) is 17.4 Å². The predicted octanol–water partition coefficient (Wildman–Crippen LogP) is 2.50. The van der Waals surface area contributed by atoms with Crippen LogP contribution in [0.1, 0.15) is 24.8 Å². The minimum atomic E-state index is -0.939. The first-order valence-electron chi connectivity index (χ1n) is 9.87. The van der Waals surface area contributed by atoms with Crippen molar-refractivity contribution in [2.45, 2.75) is 43.6 Å². The van der Waals surface area contributed by atoms with E-state index in [2.05, 4.69) is 17.1 Å². The molecule has 1 amide bonds. The van der Waals surface area contributed by atoms with Gasteiger partial charge in [-0.25, -0.2) is 8.78 Å². The van der Waals surface area contributed by atoms with Crippen LogP contribution in [0.15, 0.2) is 30.4 Å². The van der Waals surface area contributed by atoms with E-state index < -0.39 is 17.4 Å². The minimum Gasteiger partial charge on any atom is -0.345 e. The lowest BCUT2D eigenvalue weighted by Gasteiger charge is -2.50. The van der Waals surface area contributed by atoms with Crippen LogP contribution in [0.5, 0.6) is 0 Å². The number of ether oxygens (including phenoxy) is 2. The number of carbonyl (C=O) groups is 1. The maximum absolute atomic E-state index is 13.5. The van der Waals surface area contributed by atoms with Gasteiger partial charge in [-0.15, -0.1) is 0 Å². The molecule has 1 saturated heterocycles. The summed E-state index contributed by atoms with van der Waals surface area (Å²) in [5.41, 5.74) is 0.452. The van der Waals surface area contributed by atoms with Crippen molar-refractivity contribution < 1.29 is 23.0 Å². The van der Waals surface area contributed by atoms with Gasteiger partial charge in [0.25, 0.3) is 0 Å². The van der Waals surface area contributed by atoms with Crippen molar-refractivity contribution in [1.29, 1.82) is 0 Å². The topological polar surface area (TPSA) is 42.0 Å². The average Bonchev–Trinajstić information content (AvgIpc) is 3.37. The summed E-state index contributed by atoms with van der Waals surface area (Å²) >= 11 is 0. The van der Waals surface area contributed by atoms with Crippen molar-refractivity contribution >= 4 is 5.91 Å². The van der Waals surface area contributed by atoms with Gasteiger partial charge in [-0.05, 0) is 30.5 Å². The molecule has 2 unspecified atom stereocenters. The third-order valence-electron chi connectivity index (χ3n) is 6.08. The van der Waals surface area contributed by atoms with Crippen LogP contribution in [-0.2, 0) is 20.7 Å². The number of hydrogen-bond donors (Lipinski definition) is 0. The molecule has 152 valence electrons. The quantitative estimate of drug-likeness (QED) is 0.739. The fraction of sp³-hybridized carbons (Fsp3) is 0.571. The molecule has 1 spiro atoms. The Bertz CT molecular complexity index is 756. The van der Waals surface area contributed by atoms with Gasteiger partial charge in [0.05, 0.1) is 19.6 Å². The maximum Gasteiger partial charge on any atom is 0.227 e. The van der Waals surface area contributed by atoms with Crippen molar-refractivity contribution in [3.8, 4) is 0 Å². The summed E-state index contributed by atoms with van der Waals surface area (Å²) in [6.07, 6.45) is 6.96. The molecule has 0 bridgehead atoms. The first-order valence-corrected chi connectivity index (χ1v) is 9.87. The Labute approximate surface area is 163 Å². The van der Waals surface area contributed by atoms with Gasteiger partial charge in [0.2, 0.25) is 5.91 Å². The number of benzene rings is 1. The van der Waals surface area contributed by atoms with Gasteiger partial charge in [-0.2, -0.15) is 0 Å². The third kappa shape index (κ3) is 3.58. The standard InChI is InChI=1S/C21H26F2N2O3/c1-24(19(26)14-15-6-7-16(22)17(23)13-15)20-18(25-9-2-3-10-25)5-4-8-21(20)27-11-12-28-21/h2-3,6-7,13,18,20H,4-5,8-12,14H2,1H3. The first kappa shape index (κ1) is 19.5. The van der Waals surface area contributed by atoms with E-state index in [-0.39, 0.29) is 24.4 Å². The van der Waals surface area contributed by atoms with Crippen LogP contribution in [0.25, 0.3) is 0 Å². The summed E-state index contributed by atoms with van der Waals surface area (Å²) < 4.78 is 38.9. The molecular formula is C21H26F2N2O3. The molecule has 1 aromatic rings. The fourth-order valence-corrected chi connectivity index (χ4v) is 4.75. The van der Waals surface area contributed by atoms with Gasteiger partial charge in [-0.1, -0.05) is 18.2 Å². The Balaban J connectivity index is 1.57. The molecule has 2 heterocycles. The van der Waals surface area contributed by atoms with Gasteiger partial charge >= 0.3 is 0 Å². The summed E-state index contributed by atoms with van der Waals surface area (Å²) in [6, 6.07) is 3.47. The lowest BCUT2D eigenvalue weighted by molar-refractivity contribution is -0.229. The zero-order chi connectivity index (χ0) is 19.7. The molecule has 1 saturated carbocycles. The number of likely N-dealkylation sites (N-methyl/N-ethyl adjacent to an activating group) is 1. The van der Waals surface area contributed by atoms with Gasteiger partial charge in [0.1, 0.15) is 6.04 Å². The molecule has 0 N–H and O–H groups in total. The number of amides is 1. The molecule has 4 rings (SSSR count). The summed E-state index contributed by atoms with van der Waals surface area (Å²) in [7, 11) is 1.77. The van der Waals surface area contributed by atoms with E-state index in [1.165, 1.54) is 6.07 Å². The molecule has 7 heteroatoms. The minimum absolute atomic E-state index is 0.00521. The Hall–Kier alpha value is -1.83. The molecule has 3 aliphatic rings. The molecule has 2 aliphatic heterocycles. The number of rotatable bonds is 4. The molecule has 0 aromatic heterocycles. The second-order valence-electron chi connectivity index (χ2n) is 7.77. The zero-order valence-corrected chi connectivity index (χ0v) is 16.1. The van der Waals surface area contributed by atoms with Crippen molar-refractivity contribution in [1.82, 2.24) is 9.80 Å². The summed E-state index contributed by atoms with van der Waals surface area (Å²) in [5.74, 6) is -2.80. The van der Waals surface area contributed by atoms with Crippen LogP contribution in [0, 0.1) is 11.6 Å². The fourth-order valence-electron chi connectivity index (χ4n) is 4.75. The highest BCUT2D eigenvalue weighted by Crippen LogP contribution is 2.41. The summed E-state index contributed by atoms with van der Waals surface area (Å²) in [5, 5.41) is 0. The normalized spacial score (nSPS) is 26.8. The van der Waals surface area contributed by atoms with E-state index in [1.54, 1.807) is 11.9 Å². The van der Waals surface area contributed by atoms with E-state index in [1.807, 2.05) is 0 Å². The maximum atomic E-state index is 13.5. The Morgan fingerprint density at radius 3 is 2.61 bits per heavy atom. The summed E-state index contributed by atoms with van der Waals surface area (Å²) in [4.78, 5) is 17.1. The van der Waals surface area contributed by atoms with Crippen LogP contribution in [0.2, 0.25) is 0 Å². The Morgan fingerprint density at radius 1 is 1.21 bits per heavy atom. The molecular weight excluding hydrogens is 366 g/mol. The molecule has 2 fully saturated rings. The van der Waals surface area contributed by atoms with Crippen molar-refractivity contribution in [3.05, 3.63) is 47.5 Å². The van der Waals surface area contributed by atoms with Crippen LogP contribution in [0.3, 0.4) is 0 Å². The van der Waals surface area contributed by atoms with E-state index >= 15 is 0 Å². The van der Waals surface area contributed by atoms with Crippen molar-refractivity contribution in [2.24, 2.45) is 0 Å². The average molecular weight is 392 g/mol. The second kappa shape index (κ2) is 7.89. The monoisotopic (exact) mass is 392 g/mol. The smallest absolute Gasteiger partial charge is 0.227 e. The number of halogens is 2. The SMILES string of the molecule is CN(C(=O)Cc1ccc(F)c(F)c1)C1C(N2CC=CC2)CCCC12OCCO2. The van der Waals surface area contributed by atoms with Crippen molar-refractivity contribution in [2.75, 3.05) is 33.4 Å². The largest absolute Gasteiger partial charge is 0.345 e. The van der Waals surface area contributed by atoms with Crippen LogP contribution in [0.4, 0.5) is 8.78 Å². The molecule has 5 nitrogen and oxygen atoms in total. The number of carbonyl (C=O) groups excluding carboxylic acids is 1. The van der Waals surface area contributed by atoms with E-state index in [4.69, 9.17) is 9.47 Å². The van der Waals surface area contributed by atoms with Crippen LogP contribution < -0.4 is 0 Å². The predicted molar refractivity (Wildman–Crippen MR) is 99.6 cm³/mol. The highest BCUT2D eigenvalue weighted by atomic mass is 19.2. The second-order valence-corrected chi connectivity index (χ2v) is 7.77. The number of hydrogen-bond acceptors (Lipinski definition) is 4. The van der Waals surface area contributed by atoms with Gasteiger partial charge < -0.3 is 14.4 Å². The van der Waals surface area contributed by atoms with E-state index in [9.17, 15) is 13.6 Å². The van der Waals surface area contributed by atoms with E-state index in [0.717, 1.165) is 44.5 Å². The molecule has 1 aliphatic carbocycles. The first-order chi connectivity index (χ1) is 13.5. The van der Waals surface area contributed by atoms with Crippen molar-refractivity contribution in [3.63, 3.8) is 0 Å². The van der Waals surface area contributed by atoms with Crippen LogP contribution >= 0.6 is 0 Å². The highest BCUT2D eigenvalue weighted by molar-refractivity contribution is 5.79. The molecule has 2 atom stereocenters. The summed E-state index contributed by atoms with van der Waals surface area (Å²) in [6.45, 7) is 2.74. The lowest BCUT2D eigenvalue weighted by atomic mass is 9.82. The van der Waals surface area contributed by atoms with E-state index in [0.29, 0.717) is 18.8 Å². The number of nitrogens with zero attached hydrogens (tertiary/aromatic N) is 2. The van der Waals surface area contributed by atoms with Crippen LogP contribution in [-0.4, -0.2) is 66.9 Å². The van der Waals surface area contributed by atoms with Gasteiger partial charge in [0, 0.05) is 32.6 Å². The zero-order valence-electron chi connectivity index (χ0n) is 16.1. The third-order valence-corrected chi connectivity index (χ3v) is 6.08. The molecule has 1 aromatic carbocycles.